The Morgan fingerprint density at radius 3 is 2.91 bits per heavy atom. The van der Waals surface area contributed by atoms with Crippen molar-refractivity contribution in [1.82, 2.24) is 14.9 Å². The maximum atomic E-state index is 6.36. The van der Waals surface area contributed by atoms with E-state index >= 15 is 0 Å². The molecule has 0 saturated carbocycles. The normalized spacial score (nSPS) is 23.7. The van der Waals surface area contributed by atoms with Gasteiger partial charge in [-0.2, -0.15) is 4.98 Å². The Bertz CT molecular complexity index is 783. The third-order valence-corrected chi connectivity index (χ3v) is 5.59. The van der Waals surface area contributed by atoms with Gasteiger partial charge in [0.25, 0.3) is 0 Å². The van der Waals surface area contributed by atoms with Crippen LogP contribution in [0.1, 0.15) is 12.0 Å². The van der Waals surface area contributed by atoms with Crippen LogP contribution in [-0.2, 0) is 5.41 Å². The number of anilines is 3. The van der Waals surface area contributed by atoms with E-state index in [0.717, 1.165) is 36.2 Å². The molecule has 1 aromatic carbocycles. The molecule has 2 aromatic rings. The number of nitrogen functional groups attached to an aromatic ring is 1. The Morgan fingerprint density at radius 1 is 1.35 bits per heavy atom. The quantitative estimate of drug-likeness (QED) is 0.805. The first-order chi connectivity index (χ1) is 11.0. The lowest BCUT2D eigenvalue weighted by Gasteiger charge is -2.25. The topological polar surface area (TPSA) is 58.3 Å². The SMILES string of the molecule is CN1CC[C@@]2(C1)CN(c1nc(N)ncc1Cl)c1cc(Br)ccc12. The highest BCUT2D eigenvalue weighted by Crippen LogP contribution is 2.50. The Morgan fingerprint density at radius 2 is 2.17 bits per heavy atom. The van der Waals surface area contributed by atoms with Gasteiger partial charge in [0.2, 0.25) is 5.95 Å². The summed E-state index contributed by atoms with van der Waals surface area (Å²) in [6, 6.07) is 6.46. The largest absolute Gasteiger partial charge is 0.368 e. The second-order valence-corrected chi connectivity index (χ2v) is 7.74. The fraction of sp³-hybridized carbons (Fsp3) is 0.375. The van der Waals surface area contributed by atoms with Crippen molar-refractivity contribution < 1.29 is 0 Å². The van der Waals surface area contributed by atoms with E-state index in [4.69, 9.17) is 17.3 Å². The van der Waals surface area contributed by atoms with E-state index in [-0.39, 0.29) is 11.4 Å². The van der Waals surface area contributed by atoms with Crippen molar-refractivity contribution in [3.8, 4) is 0 Å². The first-order valence-corrected chi connectivity index (χ1v) is 8.70. The van der Waals surface area contributed by atoms with E-state index < -0.39 is 0 Å². The monoisotopic (exact) mass is 393 g/mol. The molecule has 23 heavy (non-hydrogen) atoms. The molecule has 0 bridgehead atoms. The van der Waals surface area contributed by atoms with Crippen molar-refractivity contribution in [2.45, 2.75) is 11.8 Å². The summed E-state index contributed by atoms with van der Waals surface area (Å²) in [5.74, 6) is 0.926. The first kappa shape index (κ1) is 15.2. The molecule has 3 heterocycles. The molecule has 4 rings (SSSR count). The lowest BCUT2D eigenvalue weighted by Crippen LogP contribution is -2.34. The molecule has 2 aliphatic rings. The summed E-state index contributed by atoms with van der Waals surface area (Å²) in [6.45, 7) is 3.00. The van der Waals surface area contributed by atoms with E-state index in [1.165, 1.54) is 5.56 Å². The standard InChI is InChI=1S/C16H17BrClN5/c1-22-5-4-16(8-22)9-23(13-6-10(17)2-3-11(13)16)14-12(18)7-20-15(19)21-14/h2-3,6-7H,4-5,8-9H2,1H3,(H2,19,20,21)/t16-/m1/s1. The van der Waals surface area contributed by atoms with E-state index in [9.17, 15) is 0 Å². The minimum atomic E-state index is 0.119. The molecule has 1 spiro atoms. The Hall–Kier alpha value is -1.37. The van der Waals surface area contributed by atoms with Crippen LogP contribution in [-0.4, -0.2) is 41.5 Å². The van der Waals surface area contributed by atoms with Crippen LogP contribution in [0.15, 0.2) is 28.9 Å². The number of hydrogen-bond acceptors (Lipinski definition) is 5. The molecule has 5 nitrogen and oxygen atoms in total. The van der Waals surface area contributed by atoms with Gasteiger partial charge in [0.05, 0.1) is 6.20 Å². The molecule has 2 aliphatic heterocycles. The fourth-order valence-corrected chi connectivity index (χ4v) is 4.37. The third kappa shape index (κ3) is 2.40. The van der Waals surface area contributed by atoms with E-state index in [1.54, 1.807) is 6.20 Å². The summed E-state index contributed by atoms with van der Waals surface area (Å²) < 4.78 is 1.04. The smallest absolute Gasteiger partial charge is 0.222 e. The van der Waals surface area contributed by atoms with Crippen molar-refractivity contribution in [1.29, 1.82) is 0 Å². The van der Waals surface area contributed by atoms with Crippen molar-refractivity contribution in [2.75, 3.05) is 37.3 Å². The van der Waals surface area contributed by atoms with Gasteiger partial charge in [0.1, 0.15) is 5.02 Å². The number of aromatic nitrogens is 2. The van der Waals surface area contributed by atoms with Crippen LogP contribution in [0.4, 0.5) is 17.5 Å². The van der Waals surface area contributed by atoms with Crippen molar-refractivity contribution in [3.05, 3.63) is 39.5 Å². The number of halogens is 2. The number of rotatable bonds is 1. The highest BCUT2D eigenvalue weighted by molar-refractivity contribution is 9.10. The highest BCUT2D eigenvalue weighted by Gasteiger charge is 2.47. The van der Waals surface area contributed by atoms with Crippen molar-refractivity contribution in [3.63, 3.8) is 0 Å². The maximum Gasteiger partial charge on any atom is 0.222 e. The number of nitrogens with two attached hydrogens (primary N) is 1. The molecule has 1 fully saturated rings. The van der Waals surface area contributed by atoms with E-state index in [0.29, 0.717) is 10.8 Å². The molecular weight excluding hydrogens is 378 g/mol. The van der Waals surface area contributed by atoms with Gasteiger partial charge in [-0.1, -0.05) is 33.6 Å². The number of likely N-dealkylation sites (N-methyl/N-ethyl adjacent to an activating group) is 1. The zero-order chi connectivity index (χ0) is 16.2. The second kappa shape index (κ2) is 5.33. The molecule has 7 heteroatoms. The summed E-state index contributed by atoms with van der Waals surface area (Å²) >= 11 is 9.94. The third-order valence-electron chi connectivity index (χ3n) is 4.83. The number of nitrogens with zero attached hydrogens (tertiary/aromatic N) is 4. The lowest BCUT2D eigenvalue weighted by molar-refractivity contribution is 0.378. The van der Waals surface area contributed by atoms with Crippen LogP contribution in [0, 0.1) is 0 Å². The van der Waals surface area contributed by atoms with E-state index in [2.05, 4.69) is 60.9 Å². The van der Waals surface area contributed by atoms with E-state index in [1.807, 2.05) is 0 Å². The van der Waals surface area contributed by atoms with Crippen LogP contribution in [0.25, 0.3) is 0 Å². The van der Waals surface area contributed by atoms with Crippen LogP contribution in [0.5, 0.6) is 0 Å². The summed E-state index contributed by atoms with van der Waals surface area (Å²) in [6.07, 6.45) is 2.70. The van der Waals surface area contributed by atoms with Crippen molar-refractivity contribution in [2.24, 2.45) is 0 Å². The zero-order valence-electron chi connectivity index (χ0n) is 12.8. The first-order valence-electron chi connectivity index (χ1n) is 7.53. The van der Waals surface area contributed by atoms with Crippen LogP contribution < -0.4 is 10.6 Å². The summed E-state index contributed by atoms with van der Waals surface area (Å²) in [5, 5.41) is 0.522. The zero-order valence-corrected chi connectivity index (χ0v) is 15.1. The number of benzene rings is 1. The predicted octanol–water partition coefficient (Wildman–Crippen LogP) is 3.20. The molecular formula is C16H17BrClN5. The summed E-state index contributed by atoms with van der Waals surface area (Å²) in [4.78, 5) is 12.9. The Kier molecular flexibility index (Phi) is 3.51. The Balaban J connectivity index is 1.87. The molecule has 0 unspecified atom stereocenters. The minimum Gasteiger partial charge on any atom is -0.368 e. The molecule has 120 valence electrons. The highest BCUT2D eigenvalue weighted by atomic mass is 79.9. The van der Waals surface area contributed by atoms with Crippen LogP contribution in [0.3, 0.4) is 0 Å². The number of fused-ring (bicyclic) bond motifs is 2. The molecule has 0 aliphatic carbocycles. The van der Waals surface area contributed by atoms with Crippen molar-refractivity contribution >= 4 is 45.0 Å². The molecule has 0 radical (unpaired) electrons. The second-order valence-electron chi connectivity index (χ2n) is 6.42. The number of likely N-dealkylation sites (tertiary alicyclic amines) is 1. The van der Waals surface area contributed by atoms with Crippen LogP contribution in [0.2, 0.25) is 5.02 Å². The van der Waals surface area contributed by atoms with Crippen LogP contribution >= 0.6 is 27.5 Å². The molecule has 2 N–H and O–H groups in total. The molecule has 1 aromatic heterocycles. The lowest BCUT2D eigenvalue weighted by atomic mass is 9.82. The van der Waals surface area contributed by atoms with Gasteiger partial charge in [-0.3, -0.25) is 0 Å². The maximum absolute atomic E-state index is 6.36. The summed E-state index contributed by atoms with van der Waals surface area (Å²) in [7, 11) is 2.17. The summed E-state index contributed by atoms with van der Waals surface area (Å²) in [5.41, 5.74) is 8.41. The van der Waals surface area contributed by atoms with Gasteiger partial charge in [-0.15, -0.1) is 0 Å². The average Bonchev–Trinajstić information content (AvgIpc) is 3.03. The average molecular weight is 395 g/mol. The number of hydrogen-bond donors (Lipinski definition) is 1. The predicted molar refractivity (Wildman–Crippen MR) is 96.4 cm³/mol. The molecule has 0 amide bonds. The molecule has 1 saturated heterocycles. The van der Waals surface area contributed by atoms with Gasteiger partial charge >= 0.3 is 0 Å². The van der Waals surface area contributed by atoms with Gasteiger partial charge in [-0.05, 0) is 37.7 Å². The Labute approximate surface area is 148 Å². The van der Waals surface area contributed by atoms with Gasteiger partial charge in [-0.25, -0.2) is 4.98 Å². The fourth-order valence-electron chi connectivity index (χ4n) is 3.83. The van der Waals surface area contributed by atoms with Gasteiger partial charge in [0.15, 0.2) is 5.82 Å². The molecule has 1 atom stereocenters. The van der Waals surface area contributed by atoms with Gasteiger partial charge < -0.3 is 15.5 Å². The minimum absolute atomic E-state index is 0.119. The van der Waals surface area contributed by atoms with Gasteiger partial charge in [0, 0.05) is 28.7 Å².